The van der Waals surface area contributed by atoms with Crippen LogP contribution in [0.4, 0.5) is 11.4 Å². The molecule has 0 aliphatic carbocycles. The largest absolute Gasteiger partial charge is 0.493 e. The van der Waals surface area contributed by atoms with Gasteiger partial charge >= 0.3 is 17.3 Å². The number of aliphatic carboxylic acids is 1. The monoisotopic (exact) mass is 422 g/mol. The molecule has 12 heteroatoms. The van der Waals surface area contributed by atoms with Crippen LogP contribution in [0.15, 0.2) is 30.3 Å². The quantitative estimate of drug-likeness (QED) is 0.322. The third-order valence-electron chi connectivity index (χ3n) is 3.80. The van der Waals surface area contributed by atoms with E-state index in [1.54, 1.807) is 0 Å². The summed E-state index contributed by atoms with van der Waals surface area (Å²) in [7, 11) is 2.66. The van der Waals surface area contributed by atoms with E-state index in [1.165, 1.54) is 32.4 Å². The summed E-state index contributed by atoms with van der Waals surface area (Å²) in [6.07, 6.45) is 0.148. The van der Waals surface area contributed by atoms with Crippen molar-refractivity contribution in [3.63, 3.8) is 0 Å². The SMILES string of the molecule is COc1cc(Oc2c([N+](=O)[O-])cccc2[N+](=O)[O-])cc(OC)c1OCCCC(=O)O. The zero-order valence-corrected chi connectivity index (χ0v) is 16.0. The number of carboxylic acids is 1. The Morgan fingerprint density at radius 1 is 1.00 bits per heavy atom. The number of carboxylic acid groups (broad SMARTS) is 1. The van der Waals surface area contributed by atoms with Gasteiger partial charge in [-0.05, 0) is 12.5 Å². The van der Waals surface area contributed by atoms with Crippen molar-refractivity contribution in [3.05, 3.63) is 50.6 Å². The van der Waals surface area contributed by atoms with Crippen LogP contribution in [-0.2, 0) is 4.79 Å². The molecule has 0 radical (unpaired) electrons. The van der Waals surface area contributed by atoms with Crippen LogP contribution in [0, 0.1) is 20.2 Å². The standard InChI is InChI=1S/C18H18N2O10/c1-27-14-9-11(10-15(28-2)18(14)29-8-4-7-16(21)22)30-17-12(19(23)24)5-3-6-13(17)20(25)26/h3,5-6,9-10H,4,7-8H2,1-2H3,(H,21,22). The van der Waals surface area contributed by atoms with E-state index in [4.69, 9.17) is 24.1 Å². The molecule has 2 aromatic rings. The Kier molecular flexibility index (Phi) is 7.33. The van der Waals surface area contributed by atoms with Crippen LogP contribution >= 0.6 is 0 Å². The second kappa shape index (κ2) is 9.91. The van der Waals surface area contributed by atoms with Gasteiger partial charge < -0.3 is 24.1 Å². The maximum absolute atomic E-state index is 11.3. The fraction of sp³-hybridized carbons (Fsp3) is 0.278. The van der Waals surface area contributed by atoms with Crippen molar-refractivity contribution in [1.82, 2.24) is 0 Å². The molecular weight excluding hydrogens is 404 g/mol. The van der Waals surface area contributed by atoms with Gasteiger partial charge in [0, 0.05) is 30.7 Å². The molecule has 1 N–H and O–H groups in total. The maximum Gasteiger partial charge on any atom is 0.318 e. The fourth-order valence-corrected chi connectivity index (χ4v) is 2.48. The second-order valence-corrected chi connectivity index (χ2v) is 5.74. The first kappa shape index (κ1) is 22.2. The topological polar surface area (TPSA) is 160 Å². The number of nitro groups is 2. The summed E-state index contributed by atoms with van der Waals surface area (Å²) < 4.78 is 21.5. The molecule has 0 aliphatic heterocycles. The molecule has 0 saturated heterocycles. The maximum atomic E-state index is 11.3. The first-order valence-electron chi connectivity index (χ1n) is 8.48. The Hall–Kier alpha value is -4.09. The van der Waals surface area contributed by atoms with E-state index in [0.29, 0.717) is 0 Å². The molecule has 30 heavy (non-hydrogen) atoms. The van der Waals surface area contributed by atoms with Crippen LogP contribution in [0.5, 0.6) is 28.7 Å². The van der Waals surface area contributed by atoms with Crippen molar-refractivity contribution in [3.8, 4) is 28.7 Å². The number of nitro benzene ring substituents is 2. The third kappa shape index (κ3) is 5.25. The molecule has 0 aliphatic rings. The normalized spacial score (nSPS) is 10.2. The summed E-state index contributed by atoms with van der Waals surface area (Å²) in [6.45, 7) is 0.0643. The molecule has 0 spiro atoms. The zero-order valence-electron chi connectivity index (χ0n) is 16.0. The van der Waals surface area contributed by atoms with E-state index in [1.807, 2.05) is 0 Å². The minimum absolute atomic E-state index is 0.0287. The summed E-state index contributed by atoms with van der Waals surface area (Å²) >= 11 is 0. The van der Waals surface area contributed by atoms with Crippen molar-refractivity contribution in [2.24, 2.45) is 0 Å². The number of carbonyl (C=O) groups is 1. The van der Waals surface area contributed by atoms with E-state index in [-0.39, 0.29) is 42.4 Å². The molecule has 2 rings (SSSR count). The number of methoxy groups -OCH3 is 2. The van der Waals surface area contributed by atoms with Gasteiger partial charge in [-0.1, -0.05) is 0 Å². The molecule has 0 unspecified atom stereocenters. The average Bonchev–Trinajstić information content (AvgIpc) is 2.70. The van der Waals surface area contributed by atoms with Crippen LogP contribution in [-0.4, -0.2) is 41.7 Å². The van der Waals surface area contributed by atoms with Gasteiger partial charge in [0.15, 0.2) is 11.5 Å². The van der Waals surface area contributed by atoms with Gasteiger partial charge in [0.2, 0.25) is 5.75 Å². The van der Waals surface area contributed by atoms with E-state index in [0.717, 1.165) is 12.1 Å². The van der Waals surface area contributed by atoms with Crippen molar-refractivity contribution >= 4 is 17.3 Å². The Morgan fingerprint density at radius 2 is 1.53 bits per heavy atom. The molecule has 0 heterocycles. The number of ether oxygens (including phenoxy) is 4. The van der Waals surface area contributed by atoms with E-state index in [9.17, 15) is 25.0 Å². The van der Waals surface area contributed by atoms with Crippen LogP contribution < -0.4 is 18.9 Å². The lowest BCUT2D eigenvalue weighted by Gasteiger charge is -2.16. The number of para-hydroxylation sites is 1. The van der Waals surface area contributed by atoms with Gasteiger partial charge in [0.25, 0.3) is 5.75 Å². The summed E-state index contributed by atoms with van der Waals surface area (Å²) in [4.78, 5) is 31.6. The van der Waals surface area contributed by atoms with Crippen LogP contribution in [0.3, 0.4) is 0 Å². The van der Waals surface area contributed by atoms with Crippen molar-refractivity contribution in [2.75, 3.05) is 20.8 Å². The minimum atomic E-state index is -0.965. The van der Waals surface area contributed by atoms with Crippen LogP contribution in [0.2, 0.25) is 0 Å². The molecule has 2 aromatic carbocycles. The molecule has 0 saturated carbocycles. The lowest BCUT2D eigenvalue weighted by Crippen LogP contribution is -2.05. The van der Waals surface area contributed by atoms with Gasteiger partial charge in [0.05, 0.1) is 30.7 Å². The molecular formula is C18H18N2O10. The molecule has 12 nitrogen and oxygen atoms in total. The van der Waals surface area contributed by atoms with Crippen molar-refractivity contribution in [1.29, 1.82) is 0 Å². The lowest BCUT2D eigenvalue weighted by atomic mass is 10.2. The van der Waals surface area contributed by atoms with Gasteiger partial charge in [-0.15, -0.1) is 0 Å². The summed E-state index contributed by atoms with van der Waals surface area (Å²) in [5.41, 5.74) is -1.17. The van der Waals surface area contributed by atoms with E-state index < -0.39 is 32.9 Å². The van der Waals surface area contributed by atoms with E-state index >= 15 is 0 Å². The highest BCUT2D eigenvalue weighted by atomic mass is 16.6. The highest BCUT2D eigenvalue weighted by Crippen LogP contribution is 2.45. The first-order chi connectivity index (χ1) is 14.3. The number of nitrogens with zero attached hydrogens (tertiary/aromatic N) is 2. The number of benzene rings is 2. The molecule has 0 aromatic heterocycles. The van der Waals surface area contributed by atoms with Crippen LogP contribution in [0.25, 0.3) is 0 Å². The molecule has 0 amide bonds. The van der Waals surface area contributed by atoms with E-state index in [2.05, 4.69) is 0 Å². The Balaban J connectivity index is 2.41. The van der Waals surface area contributed by atoms with Gasteiger partial charge in [0.1, 0.15) is 5.75 Å². The summed E-state index contributed by atoms with van der Waals surface area (Å²) in [5.74, 6) is -1.13. The number of hydrogen-bond donors (Lipinski definition) is 1. The van der Waals surface area contributed by atoms with Gasteiger partial charge in [-0.25, -0.2) is 0 Å². The predicted molar refractivity (Wildman–Crippen MR) is 102 cm³/mol. The summed E-state index contributed by atoms with van der Waals surface area (Å²) in [6, 6.07) is 5.97. The molecule has 160 valence electrons. The Morgan fingerprint density at radius 3 is 1.97 bits per heavy atom. The first-order valence-corrected chi connectivity index (χ1v) is 8.48. The molecule has 0 fully saturated rings. The Bertz CT molecular complexity index is 903. The van der Waals surface area contributed by atoms with Gasteiger partial charge in [-0.3, -0.25) is 25.0 Å². The molecule has 0 atom stereocenters. The second-order valence-electron chi connectivity index (χ2n) is 5.74. The molecule has 0 bridgehead atoms. The highest BCUT2D eigenvalue weighted by molar-refractivity contribution is 5.66. The lowest BCUT2D eigenvalue weighted by molar-refractivity contribution is -0.395. The highest BCUT2D eigenvalue weighted by Gasteiger charge is 2.28. The number of rotatable bonds is 11. The van der Waals surface area contributed by atoms with Gasteiger partial charge in [-0.2, -0.15) is 0 Å². The van der Waals surface area contributed by atoms with Crippen molar-refractivity contribution in [2.45, 2.75) is 12.8 Å². The Labute approximate surface area is 169 Å². The third-order valence-corrected chi connectivity index (χ3v) is 3.80. The van der Waals surface area contributed by atoms with Crippen LogP contribution in [0.1, 0.15) is 12.8 Å². The fourth-order valence-electron chi connectivity index (χ4n) is 2.48. The minimum Gasteiger partial charge on any atom is -0.493 e. The zero-order chi connectivity index (χ0) is 22.3. The smallest absolute Gasteiger partial charge is 0.318 e. The summed E-state index contributed by atoms with van der Waals surface area (Å²) in [5, 5.41) is 31.2. The van der Waals surface area contributed by atoms with Crippen molar-refractivity contribution < 1.29 is 38.7 Å². The average molecular weight is 422 g/mol. The predicted octanol–water partition coefficient (Wildman–Crippen LogP) is 3.56. The number of hydrogen-bond acceptors (Lipinski definition) is 9.